The summed E-state index contributed by atoms with van der Waals surface area (Å²) in [6, 6.07) is 16.2. The third-order valence-electron chi connectivity index (χ3n) is 4.73. The Hall–Kier alpha value is -2.60. The summed E-state index contributed by atoms with van der Waals surface area (Å²) >= 11 is 4.88. The molecule has 0 saturated carbocycles. The predicted octanol–water partition coefficient (Wildman–Crippen LogP) is 7.14. The van der Waals surface area contributed by atoms with Gasteiger partial charge in [0.25, 0.3) is 0 Å². The first-order valence-electron chi connectivity index (χ1n) is 8.31. The first kappa shape index (κ1) is 16.6. The quantitative estimate of drug-likeness (QED) is 0.298. The van der Waals surface area contributed by atoms with Crippen LogP contribution in [0, 0.1) is 0 Å². The highest BCUT2D eigenvalue weighted by atomic mass is 32.1. The fourth-order valence-corrected chi connectivity index (χ4v) is 6.13. The van der Waals surface area contributed by atoms with Crippen LogP contribution < -0.4 is 0 Å². The molecule has 0 bridgehead atoms. The molecule has 27 heavy (non-hydrogen) atoms. The van der Waals surface area contributed by atoms with Gasteiger partial charge < -0.3 is 0 Å². The minimum atomic E-state index is 0.728. The largest absolute Gasteiger partial charge is 0.298 e. The summed E-state index contributed by atoms with van der Waals surface area (Å²) in [7, 11) is 0. The van der Waals surface area contributed by atoms with E-state index in [9.17, 15) is 9.59 Å². The van der Waals surface area contributed by atoms with Gasteiger partial charge in [-0.25, -0.2) is 0 Å². The maximum Gasteiger partial charge on any atom is 0.151 e. The summed E-state index contributed by atoms with van der Waals surface area (Å²) in [6.45, 7) is 0. The zero-order valence-corrected chi connectivity index (χ0v) is 16.4. The number of thiophene rings is 3. The molecule has 3 heterocycles. The number of benzene rings is 2. The smallest absolute Gasteiger partial charge is 0.151 e. The van der Waals surface area contributed by atoms with Gasteiger partial charge in [0.2, 0.25) is 0 Å². The second-order valence-electron chi connectivity index (χ2n) is 6.12. The van der Waals surface area contributed by atoms with Crippen molar-refractivity contribution >= 4 is 66.8 Å². The van der Waals surface area contributed by atoms with Crippen molar-refractivity contribution < 1.29 is 9.59 Å². The lowest BCUT2D eigenvalue weighted by Crippen LogP contribution is -1.86. The van der Waals surface area contributed by atoms with E-state index >= 15 is 0 Å². The van der Waals surface area contributed by atoms with E-state index in [-0.39, 0.29) is 0 Å². The Morgan fingerprint density at radius 2 is 1.07 bits per heavy atom. The van der Waals surface area contributed by atoms with Gasteiger partial charge in [0, 0.05) is 52.2 Å². The van der Waals surface area contributed by atoms with E-state index in [0.717, 1.165) is 64.8 Å². The van der Waals surface area contributed by atoms with Gasteiger partial charge >= 0.3 is 0 Å². The van der Waals surface area contributed by atoms with Gasteiger partial charge in [-0.3, -0.25) is 9.59 Å². The average molecular weight is 405 g/mol. The maximum absolute atomic E-state index is 11.8. The Kier molecular flexibility index (Phi) is 4.01. The lowest BCUT2D eigenvalue weighted by Gasteiger charge is -2.05. The van der Waals surface area contributed by atoms with Gasteiger partial charge in [0.1, 0.15) is 0 Å². The number of carbonyl (C=O) groups excluding carboxylic acids is 2. The highest BCUT2D eigenvalue weighted by Crippen LogP contribution is 2.40. The second kappa shape index (κ2) is 6.53. The van der Waals surface area contributed by atoms with Crippen molar-refractivity contribution in [3.63, 3.8) is 0 Å². The molecule has 5 rings (SSSR count). The van der Waals surface area contributed by atoms with Crippen LogP contribution in [0.25, 0.3) is 41.1 Å². The number of hydrogen-bond donors (Lipinski definition) is 0. The maximum atomic E-state index is 11.8. The van der Waals surface area contributed by atoms with E-state index in [2.05, 4.69) is 12.1 Å². The Balaban J connectivity index is 1.68. The molecule has 130 valence electrons. The van der Waals surface area contributed by atoms with Crippen LogP contribution in [0.3, 0.4) is 0 Å². The van der Waals surface area contributed by atoms with E-state index in [1.54, 1.807) is 34.0 Å². The monoisotopic (exact) mass is 404 g/mol. The van der Waals surface area contributed by atoms with E-state index in [0.29, 0.717) is 0 Å². The van der Waals surface area contributed by atoms with Gasteiger partial charge in [-0.2, -0.15) is 0 Å². The molecule has 2 nitrogen and oxygen atoms in total. The van der Waals surface area contributed by atoms with Crippen molar-refractivity contribution in [3.05, 3.63) is 70.4 Å². The molecule has 0 spiro atoms. The number of rotatable bonds is 4. The van der Waals surface area contributed by atoms with Crippen molar-refractivity contribution in [1.29, 1.82) is 0 Å². The highest BCUT2D eigenvalue weighted by molar-refractivity contribution is 7.19. The normalized spacial score (nSPS) is 11.3. The fraction of sp³-hybridized carbons (Fsp3) is 0. The lowest BCUT2D eigenvalue weighted by molar-refractivity contribution is 0.111. The summed E-state index contributed by atoms with van der Waals surface area (Å²) in [4.78, 5) is 25.6. The fourth-order valence-electron chi connectivity index (χ4n) is 3.44. The Bertz CT molecular complexity index is 1220. The van der Waals surface area contributed by atoms with Crippen molar-refractivity contribution in [2.24, 2.45) is 0 Å². The molecule has 0 saturated heterocycles. The molecular formula is C22H12O2S3. The molecule has 0 aliphatic carbocycles. The molecule has 5 heteroatoms. The van der Waals surface area contributed by atoms with Crippen molar-refractivity contribution in [3.8, 4) is 20.9 Å². The van der Waals surface area contributed by atoms with Gasteiger partial charge in [0.05, 0.1) is 0 Å². The minimum Gasteiger partial charge on any atom is -0.298 e. The average Bonchev–Trinajstić information content (AvgIpc) is 3.45. The SMILES string of the molecule is O=Cc1c(-c2ccc(-c3ccc4sccc4c3C=O)s2)ccc2sccc12. The van der Waals surface area contributed by atoms with Crippen molar-refractivity contribution in [1.82, 2.24) is 0 Å². The molecule has 5 aromatic rings. The van der Waals surface area contributed by atoms with Gasteiger partial charge in [-0.1, -0.05) is 12.1 Å². The highest BCUT2D eigenvalue weighted by Gasteiger charge is 2.15. The Labute approximate surface area is 167 Å². The van der Waals surface area contributed by atoms with Crippen LogP contribution >= 0.6 is 34.0 Å². The summed E-state index contributed by atoms with van der Waals surface area (Å²) in [5, 5.41) is 6.01. The Morgan fingerprint density at radius 1 is 0.593 bits per heavy atom. The van der Waals surface area contributed by atoms with Gasteiger partial charge in [0.15, 0.2) is 12.6 Å². The van der Waals surface area contributed by atoms with Gasteiger partial charge in [-0.05, 0) is 47.2 Å². The van der Waals surface area contributed by atoms with Crippen LogP contribution in [-0.4, -0.2) is 12.6 Å². The molecule has 0 atom stereocenters. The molecule has 0 fully saturated rings. The Morgan fingerprint density at radius 3 is 1.52 bits per heavy atom. The first-order chi connectivity index (χ1) is 13.3. The molecular weight excluding hydrogens is 392 g/mol. The van der Waals surface area contributed by atoms with E-state index in [1.165, 1.54) is 0 Å². The summed E-state index contributed by atoms with van der Waals surface area (Å²) in [6.07, 6.45) is 1.89. The minimum absolute atomic E-state index is 0.728. The summed E-state index contributed by atoms with van der Waals surface area (Å²) in [5.74, 6) is 0. The third-order valence-corrected chi connectivity index (χ3v) is 7.64. The van der Waals surface area contributed by atoms with Crippen LogP contribution in [0.2, 0.25) is 0 Å². The van der Waals surface area contributed by atoms with Crippen LogP contribution in [0.4, 0.5) is 0 Å². The van der Waals surface area contributed by atoms with Crippen LogP contribution in [-0.2, 0) is 0 Å². The van der Waals surface area contributed by atoms with E-state index < -0.39 is 0 Å². The van der Waals surface area contributed by atoms with Gasteiger partial charge in [-0.15, -0.1) is 34.0 Å². The zero-order chi connectivity index (χ0) is 18.4. The topological polar surface area (TPSA) is 34.1 Å². The zero-order valence-electron chi connectivity index (χ0n) is 14.0. The number of aldehydes is 2. The van der Waals surface area contributed by atoms with E-state index in [1.807, 2.05) is 47.2 Å². The van der Waals surface area contributed by atoms with Crippen molar-refractivity contribution in [2.75, 3.05) is 0 Å². The number of fused-ring (bicyclic) bond motifs is 2. The molecule has 0 N–H and O–H groups in total. The predicted molar refractivity (Wildman–Crippen MR) is 117 cm³/mol. The van der Waals surface area contributed by atoms with Crippen LogP contribution in [0.5, 0.6) is 0 Å². The number of hydrogen-bond acceptors (Lipinski definition) is 5. The lowest BCUT2D eigenvalue weighted by atomic mass is 10.0. The standard InChI is InChI=1S/C22H12O2S3/c23-11-17-13(1-3-19-15(17)7-9-25-19)21-5-6-22(27-21)14-2-4-20-16(8-10-26-20)18(14)12-24/h1-12H. The molecule has 0 unspecified atom stereocenters. The van der Waals surface area contributed by atoms with Crippen LogP contribution in [0.15, 0.2) is 59.3 Å². The van der Waals surface area contributed by atoms with Crippen LogP contribution in [0.1, 0.15) is 20.7 Å². The van der Waals surface area contributed by atoms with Crippen molar-refractivity contribution in [2.45, 2.75) is 0 Å². The molecule has 2 aromatic carbocycles. The molecule has 0 amide bonds. The molecule has 0 aliphatic rings. The summed E-state index contributed by atoms with van der Waals surface area (Å²) in [5.41, 5.74) is 3.34. The molecule has 0 aliphatic heterocycles. The summed E-state index contributed by atoms with van der Waals surface area (Å²) < 4.78 is 2.23. The second-order valence-corrected chi connectivity index (χ2v) is 9.10. The first-order valence-corrected chi connectivity index (χ1v) is 10.9. The third kappa shape index (κ3) is 2.58. The molecule has 0 radical (unpaired) electrons. The van der Waals surface area contributed by atoms with E-state index in [4.69, 9.17) is 0 Å². The molecule has 3 aromatic heterocycles. The number of carbonyl (C=O) groups is 2.